The number of nitrogens with zero attached hydrogens (tertiary/aromatic N) is 1. The van der Waals surface area contributed by atoms with Crippen molar-refractivity contribution in [1.29, 1.82) is 0 Å². The summed E-state index contributed by atoms with van der Waals surface area (Å²) in [6, 6.07) is 52.3. The van der Waals surface area contributed by atoms with Gasteiger partial charge in [0.15, 0.2) is 0 Å². The lowest BCUT2D eigenvalue weighted by Gasteiger charge is -2.32. The molecule has 1 aromatic heterocycles. The zero-order chi connectivity index (χ0) is 31.5. The van der Waals surface area contributed by atoms with Gasteiger partial charge in [0.2, 0.25) is 0 Å². The highest BCUT2D eigenvalue weighted by atomic mass is 16.7. The van der Waals surface area contributed by atoms with Gasteiger partial charge in [-0.05, 0) is 91.3 Å². The first-order valence-corrected chi connectivity index (χ1v) is 16.0. The maximum Gasteiger partial charge on any atom is 0.494 e. The van der Waals surface area contributed by atoms with Crippen molar-refractivity contribution in [2.75, 3.05) is 0 Å². The first-order chi connectivity index (χ1) is 22.3. The molecule has 0 bridgehead atoms. The topological polar surface area (TPSA) is 23.4 Å². The molecule has 0 N–H and O–H groups in total. The van der Waals surface area contributed by atoms with Crippen molar-refractivity contribution in [3.63, 3.8) is 0 Å². The summed E-state index contributed by atoms with van der Waals surface area (Å²) in [4.78, 5) is 0. The van der Waals surface area contributed by atoms with Crippen LogP contribution in [0.15, 0.2) is 146 Å². The van der Waals surface area contributed by atoms with Crippen molar-refractivity contribution in [1.82, 2.24) is 4.57 Å². The zero-order valence-corrected chi connectivity index (χ0v) is 26.7. The van der Waals surface area contributed by atoms with Gasteiger partial charge in [-0.2, -0.15) is 0 Å². The van der Waals surface area contributed by atoms with Gasteiger partial charge in [-0.15, -0.1) is 0 Å². The van der Waals surface area contributed by atoms with Gasteiger partial charge in [0.05, 0.1) is 22.2 Å². The van der Waals surface area contributed by atoms with E-state index in [0.717, 1.165) is 16.7 Å². The second kappa shape index (κ2) is 10.9. The molecule has 7 aromatic rings. The number of hydrogen-bond acceptors (Lipinski definition) is 2. The van der Waals surface area contributed by atoms with Crippen LogP contribution in [-0.4, -0.2) is 22.9 Å². The number of hydrogen-bond donors (Lipinski definition) is 0. The van der Waals surface area contributed by atoms with Crippen LogP contribution < -0.4 is 5.46 Å². The van der Waals surface area contributed by atoms with Gasteiger partial charge in [-0.3, -0.25) is 0 Å². The lowest BCUT2D eigenvalue weighted by atomic mass is 9.78. The number of fused-ring (bicyclic) bond motifs is 3. The van der Waals surface area contributed by atoms with Crippen LogP contribution in [0.3, 0.4) is 0 Å². The summed E-state index contributed by atoms with van der Waals surface area (Å²) in [5, 5.41) is 2.36. The van der Waals surface area contributed by atoms with Crippen LogP contribution in [0.4, 0.5) is 0 Å². The SMILES string of the molecule is CC1(C)OB(c2ccc3c(c2)c2cc(-c4ccccc4)cc(-c4ccccc4)c2n3-c2cccc(-c3ccccc3)c2)OC1(C)C. The van der Waals surface area contributed by atoms with Gasteiger partial charge in [0.1, 0.15) is 0 Å². The highest BCUT2D eigenvalue weighted by molar-refractivity contribution is 6.62. The predicted molar refractivity (Wildman–Crippen MR) is 193 cm³/mol. The third-order valence-corrected chi connectivity index (χ3v) is 9.81. The molecule has 1 aliphatic heterocycles. The van der Waals surface area contributed by atoms with Crippen molar-refractivity contribution in [3.05, 3.63) is 146 Å². The predicted octanol–water partition coefficient (Wildman–Crippen LogP) is 10.1. The fourth-order valence-corrected chi connectivity index (χ4v) is 6.65. The third-order valence-electron chi connectivity index (χ3n) is 9.81. The molecule has 0 spiro atoms. The molecule has 8 rings (SSSR count). The van der Waals surface area contributed by atoms with Crippen molar-refractivity contribution >= 4 is 34.4 Å². The van der Waals surface area contributed by atoms with E-state index in [1.54, 1.807) is 0 Å². The Balaban J connectivity index is 1.44. The fourth-order valence-electron chi connectivity index (χ4n) is 6.65. The molecule has 2 heterocycles. The fraction of sp³-hybridized carbons (Fsp3) is 0.143. The minimum Gasteiger partial charge on any atom is -0.399 e. The molecule has 46 heavy (non-hydrogen) atoms. The van der Waals surface area contributed by atoms with E-state index in [9.17, 15) is 0 Å². The molecule has 224 valence electrons. The van der Waals surface area contributed by atoms with Crippen molar-refractivity contribution in [2.45, 2.75) is 38.9 Å². The molecule has 3 nitrogen and oxygen atoms in total. The third kappa shape index (κ3) is 4.77. The first-order valence-electron chi connectivity index (χ1n) is 16.0. The number of rotatable bonds is 5. The molecule has 4 heteroatoms. The normalized spacial score (nSPS) is 15.5. The van der Waals surface area contributed by atoms with E-state index in [1.165, 1.54) is 49.7 Å². The average Bonchev–Trinajstić information content (AvgIpc) is 3.53. The summed E-state index contributed by atoms with van der Waals surface area (Å²) in [5.41, 5.74) is 10.8. The molecule has 1 aliphatic rings. The van der Waals surface area contributed by atoms with E-state index in [0.29, 0.717) is 0 Å². The molecule has 0 amide bonds. The van der Waals surface area contributed by atoms with Crippen LogP contribution >= 0.6 is 0 Å². The summed E-state index contributed by atoms with van der Waals surface area (Å²) in [5.74, 6) is 0. The molecule has 0 saturated carbocycles. The van der Waals surface area contributed by atoms with E-state index in [2.05, 4.69) is 178 Å². The Morgan fingerprint density at radius 2 is 1.04 bits per heavy atom. The lowest BCUT2D eigenvalue weighted by molar-refractivity contribution is 0.00578. The van der Waals surface area contributed by atoms with Crippen LogP contribution in [0, 0.1) is 0 Å². The second-order valence-corrected chi connectivity index (χ2v) is 13.3. The largest absolute Gasteiger partial charge is 0.494 e. The van der Waals surface area contributed by atoms with E-state index in [-0.39, 0.29) is 0 Å². The van der Waals surface area contributed by atoms with Crippen LogP contribution in [-0.2, 0) is 9.31 Å². The molecule has 0 atom stereocenters. The van der Waals surface area contributed by atoms with Gasteiger partial charge in [0.25, 0.3) is 0 Å². The van der Waals surface area contributed by atoms with Gasteiger partial charge < -0.3 is 13.9 Å². The maximum atomic E-state index is 6.52. The summed E-state index contributed by atoms with van der Waals surface area (Å²) >= 11 is 0. The molecular formula is C42H36BNO2. The molecule has 0 unspecified atom stereocenters. The van der Waals surface area contributed by atoms with Crippen molar-refractivity contribution < 1.29 is 9.31 Å². The quantitative estimate of drug-likeness (QED) is 0.184. The van der Waals surface area contributed by atoms with Crippen LogP contribution in [0.1, 0.15) is 27.7 Å². The molecule has 1 saturated heterocycles. The summed E-state index contributed by atoms with van der Waals surface area (Å²) < 4.78 is 15.5. The van der Waals surface area contributed by atoms with Crippen LogP contribution in [0.2, 0.25) is 0 Å². The maximum absolute atomic E-state index is 6.52. The van der Waals surface area contributed by atoms with E-state index < -0.39 is 18.3 Å². The zero-order valence-electron chi connectivity index (χ0n) is 26.7. The molecular weight excluding hydrogens is 561 g/mol. The highest BCUT2D eigenvalue weighted by Gasteiger charge is 2.51. The average molecular weight is 598 g/mol. The second-order valence-electron chi connectivity index (χ2n) is 13.3. The highest BCUT2D eigenvalue weighted by Crippen LogP contribution is 2.42. The van der Waals surface area contributed by atoms with Crippen LogP contribution in [0.5, 0.6) is 0 Å². The molecule has 6 aromatic carbocycles. The van der Waals surface area contributed by atoms with E-state index >= 15 is 0 Å². The summed E-state index contributed by atoms with van der Waals surface area (Å²) in [7, 11) is -0.444. The Kier molecular flexibility index (Phi) is 6.75. The molecule has 0 radical (unpaired) electrons. The lowest BCUT2D eigenvalue weighted by Crippen LogP contribution is -2.41. The van der Waals surface area contributed by atoms with E-state index in [1.807, 2.05) is 0 Å². The monoisotopic (exact) mass is 597 g/mol. The minimum atomic E-state index is -0.444. The van der Waals surface area contributed by atoms with E-state index in [4.69, 9.17) is 9.31 Å². The summed E-state index contributed by atoms with van der Waals surface area (Å²) in [6.07, 6.45) is 0. The first kappa shape index (κ1) is 28.6. The smallest absolute Gasteiger partial charge is 0.399 e. The van der Waals surface area contributed by atoms with Crippen molar-refractivity contribution in [3.8, 4) is 39.1 Å². The van der Waals surface area contributed by atoms with Gasteiger partial charge in [-0.1, -0.05) is 115 Å². The van der Waals surface area contributed by atoms with Gasteiger partial charge >= 0.3 is 7.12 Å². The molecule has 0 aliphatic carbocycles. The van der Waals surface area contributed by atoms with Gasteiger partial charge in [0, 0.05) is 22.0 Å². The molecule has 1 fully saturated rings. The Hall–Kier alpha value is -4.90. The van der Waals surface area contributed by atoms with Gasteiger partial charge in [-0.25, -0.2) is 0 Å². The summed E-state index contributed by atoms with van der Waals surface area (Å²) in [6.45, 7) is 8.43. The number of benzene rings is 6. The standard InChI is InChI=1S/C42H36BNO2/c1-41(2)42(3,4)46-43(45-41)34-23-24-39-37(28-34)38-27-33(30-17-10-6-11-18-30)26-36(31-19-12-7-13-20-31)40(38)44(39)35-22-14-21-32(25-35)29-15-8-5-9-16-29/h5-28H,1-4H3. The van der Waals surface area contributed by atoms with Crippen LogP contribution in [0.25, 0.3) is 60.9 Å². The Morgan fingerprint density at radius 1 is 0.478 bits per heavy atom. The Labute approximate surface area is 271 Å². The van der Waals surface area contributed by atoms with Crippen molar-refractivity contribution in [2.24, 2.45) is 0 Å². The number of aromatic nitrogens is 1. The Bertz CT molecular complexity index is 2190. The Morgan fingerprint density at radius 3 is 1.67 bits per heavy atom. The minimum absolute atomic E-state index is 0.417.